The number of ether oxygens (including phenoxy) is 6. The van der Waals surface area contributed by atoms with E-state index in [-0.39, 0.29) is 102 Å². The van der Waals surface area contributed by atoms with Crippen molar-refractivity contribution in [1.29, 1.82) is 0 Å². The summed E-state index contributed by atoms with van der Waals surface area (Å²) in [5.41, 5.74) is 7.82. The second kappa shape index (κ2) is 44.2. The summed E-state index contributed by atoms with van der Waals surface area (Å²) in [7, 11) is 3.95. The minimum atomic E-state index is -0.563. The first-order valence-corrected chi connectivity index (χ1v) is 38.1. The van der Waals surface area contributed by atoms with Crippen LogP contribution in [-0.2, 0) is 28.4 Å². The molecule has 0 aliphatic heterocycles. The fourth-order valence-corrected chi connectivity index (χ4v) is 13.6. The number of carbonyl (C=O) groups is 6. The zero-order valence-electron chi connectivity index (χ0n) is 63.5. The first kappa shape index (κ1) is 89.9. The summed E-state index contributed by atoms with van der Waals surface area (Å²) in [5.74, 6) is -2.89. The Hall–Kier alpha value is -10.3. The monoisotopic (exact) mass is 1690 g/mol. The van der Waals surface area contributed by atoms with Gasteiger partial charge in [-0.2, -0.15) is 0 Å². The van der Waals surface area contributed by atoms with Crippen LogP contribution in [-0.4, -0.2) is 134 Å². The van der Waals surface area contributed by atoms with Gasteiger partial charge in [0.2, 0.25) is 21.1 Å². The highest BCUT2D eigenvalue weighted by Gasteiger charge is 2.30. The van der Waals surface area contributed by atoms with Crippen LogP contribution in [0.25, 0.3) is 0 Å². The predicted molar refractivity (Wildman–Crippen MR) is 437 cm³/mol. The molecule has 0 saturated heterocycles. The van der Waals surface area contributed by atoms with E-state index in [1.54, 1.807) is 60.8 Å². The Labute approximate surface area is 694 Å². The Morgan fingerprint density at radius 3 is 0.850 bits per heavy atom. The number of hydrogen-bond donors (Lipinski definition) is 0. The van der Waals surface area contributed by atoms with Crippen LogP contribution in [0.3, 0.4) is 0 Å². The van der Waals surface area contributed by atoms with Crippen LogP contribution >= 0.6 is 92.8 Å². The van der Waals surface area contributed by atoms with Crippen molar-refractivity contribution >= 4 is 129 Å². The lowest BCUT2D eigenvalue weighted by Gasteiger charge is -2.17. The quantitative estimate of drug-likeness (QED) is 0.0478. The zero-order valence-corrected chi connectivity index (χ0v) is 69.6. The van der Waals surface area contributed by atoms with Gasteiger partial charge < -0.3 is 55.8 Å². The molecular formula is C81H82Cl8N12O12. The fraction of sp³-hybridized carbons (Fsp3) is 0.259. The van der Waals surface area contributed by atoms with E-state index in [1.165, 1.54) is 33.7 Å². The molecule has 0 saturated carbocycles. The van der Waals surface area contributed by atoms with Crippen LogP contribution in [0.2, 0.25) is 41.7 Å². The molecule has 6 aromatic heterocycles. The lowest BCUT2D eigenvalue weighted by Crippen LogP contribution is -2.16. The summed E-state index contributed by atoms with van der Waals surface area (Å²) in [6, 6.07) is 57.9. The van der Waals surface area contributed by atoms with Crippen molar-refractivity contribution in [3.63, 3.8) is 0 Å². The number of halogens is 8. The molecule has 0 radical (unpaired) electrons. The van der Waals surface area contributed by atoms with Crippen molar-refractivity contribution in [3.8, 4) is 0 Å². The molecule has 0 spiro atoms. The fourth-order valence-electron chi connectivity index (χ4n) is 11.4. The Morgan fingerprint density at radius 1 is 0.301 bits per heavy atom. The SMILES string of the molecule is CCOC(=O)c1c(Cl)nc(Cl)n1[C@H](C)c1ccccc1.CCOC(=O)c1c(Cl)ncn1[C@H](C)c1ccccc1.CCOC(=O)c1cnc(Cl)n1[C@H](C)c1ccccc1.COC(=O)c1c(Cl)nc(Cl)n1[C@H](C)c1ccccc1.COC(=O)c1c(Cl)ncn1[C@H](C)c1ccccc1.COC(=O)c1cnc(Cl)n1[C@H](C)c1ccccc1. The molecular weight excluding hydrogens is 1620 g/mol. The van der Waals surface area contributed by atoms with Gasteiger partial charge in [0.1, 0.15) is 11.4 Å². The standard InChI is InChI=1S/C14H14Cl2N2O2.2C14H15ClN2O2.C13H12Cl2N2O2.2C13H13ClN2O2/c1-3-20-13(19)11-12(15)17-14(16)18(11)9(2)10-7-5-4-6-8-10;1-3-19-14(18)12-13(15)16-9-17(12)10(2)11-7-5-4-6-8-11;1-3-19-13(18)12-9-16-14(15)17(12)10(2)11-7-5-4-6-8-11;1-8(9-6-4-3-5-7-9)17-10(12(18)19-2)11(14)16-13(17)15;1-9(10-6-4-3-5-7-10)16-8-15-12(14)11(16)13(17)18-2;1-9(10-6-4-3-5-7-10)16-11(12(17)18-2)8-15-13(16)14/h4-9H,3H2,1-2H3;2*4-10H,3H2,1-2H3;3-8H,1-2H3;2*3-9H,1-2H3/t9-;2*10-;8-;2*9-/m111111/s1. The summed E-state index contributed by atoms with van der Waals surface area (Å²) >= 11 is 48.1. The minimum Gasteiger partial charge on any atom is -0.464 e. The van der Waals surface area contributed by atoms with E-state index in [0.717, 1.165) is 33.4 Å². The Bertz CT molecular complexity index is 5070. The van der Waals surface area contributed by atoms with E-state index in [1.807, 2.05) is 224 Å². The van der Waals surface area contributed by atoms with Gasteiger partial charge in [-0.1, -0.05) is 228 Å². The summed E-state index contributed by atoms with van der Waals surface area (Å²) < 4.78 is 39.1. The van der Waals surface area contributed by atoms with Gasteiger partial charge in [0.15, 0.2) is 43.4 Å². The molecule has 0 aliphatic carbocycles. The van der Waals surface area contributed by atoms with Crippen molar-refractivity contribution in [2.45, 2.75) is 98.6 Å². The van der Waals surface area contributed by atoms with Crippen LogP contribution in [0.5, 0.6) is 0 Å². The molecule has 12 rings (SSSR count). The molecule has 6 aromatic carbocycles. The highest BCUT2D eigenvalue weighted by Crippen LogP contribution is 2.34. The normalized spacial score (nSPS) is 12.2. The number of carbonyl (C=O) groups excluding carboxylic acids is 6. The average molecular weight is 1700 g/mol. The third kappa shape index (κ3) is 23.2. The number of imidazole rings is 6. The van der Waals surface area contributed by atoms with E-state index in [2.05, 4.69) is 29.9 Å². The van der Waals surface area contributed by atoms with Crippen molar-refractivity contribution < 1.29 is 57.2 Å². The number of esters is 6. The second-order valence-corrected chi connectivity index (χ2v) is 26.9. The van der Waals surface area contributed by atoms with Crippen LogP contribution in [0.15, 0.2) is 207 Å². The number of methoxy groups -OCH3 is 3. The molecule has 0 aliphatic rings. The van der Waals surface area contributed by atoms with Gasteiger partial charge in [-0.15, -0.1) is 0 Å². The third-order valence-electron chi connectivity index (χ3n) is 17.3. The van der Waals surface area contributed by atoms with Gasteiger partial charge in [-0.25, -0.2) is 58.7 Å². The Kier molecular flexibility index (Phi) is 35.2. The number of hydrogen-bond acceptors (Lipinski definition) is 18. The predicted octanol–water partition coefficient (Wildman–Crippen LogP) is 20.1. The topological polar surface area (TPSA) is 265 Å². The molecule has 0 amide bonds. The van der Waals surface area contributed by atoms with E-state index in [4.69, 9.17) is 121 Å². The number of benzene rings is 6. The van der Waals surface area contributed by atoms with E-state index >= 15 is 0 Å². The molecule has 32 heteroatoms. The van der Waals surface area contributed by atoms with Gasteiger partial charge in [0.25, 0.3) is 0 Å². The van der Waals surface area contributed by atoms with Gasteiger partial charge in [-0.3, -0.25) is 0 Å². The molecule has 12 aromatic rings. The van der Waals surface area contributed by atoms with Crippen LogP contribution in [0.1, 0.15) is 195 Å². The van der Waals surface area contributed by atoms with Gasteiger partial charge >= 0.3 is 35.8 Å². The van der Waals surface area contributed by atoms with Crippen molar-refractivity contribution in [3.05, 3.63) is 316 Å². The summed E-state index contributed by atoms with van der Waals surface area (Å²) in [6.45, 7) is 17.8. The van der Waals surface area contributed by atoms with E-state index in [0.29, 0.717) is 30.3 Å². The molecule has 113 heavy (non-hydrogen) atoms. The molecule has 6 atom stereocenters. The maximum Gasteiger partial charge on any atom is 0.358 e. The molecule has 0 unspecified atom stereocenters. The van der Waals surface area contributed by atoms with Gasteiger partial charge in [0, 0.05) is 0 Å². The van der Waals surface area contributed by atoms with Crippen LogP contribution < -0.4 is 0 Å². The molecule has 24 nitrogen and oxygen atoms in total. The highest BCUT2D eigenvalue weighted by molar-refractivity contribution is 6.36. The summed E-state index contributed by atoms with van der Waals surface area (Å²) in [6.07, 6.45) is 5.98. The van der Waals surface area contributed by atoms with E-state index < -0.39 is 35.8 Å². The highest BCUT2D eigenvalue weighted by atomic mass is 35.5. The largest absolute Gasteiger partial charge is 0.464 e. The number of aromatic nitrogens is 12. The maximum absolute atomic E-state index is 12.0. The Balaban J connectivity index is 0.000000188. The van der Waals surface area contributed by atoms with Crippen molar-refractivity contribution in [1.82, 2.24) is 57.3 Å². The van der Waals surface area contributed by atoms with Gasteiger partial charge in [0.05, 0.1) is 102 Å². The minimum absolute atomic E-state index is 0.0411. The van der Waals surface area contributed by atoms with Crippen LogP contribution in [0, 0.1) is 0 Å². The second-order valence-electron chi connectivity index (χ2n) is 24.1. The lowest BCUT2D eigenvalue weighted by atomic mass is 10.1. The first-order chi connectivity index (χ1) is 54.2. The molecule has 0 bridgehead atoms. The molecule has 0 fully saturated rings. The van der Waals surface area contributed by atoms with Crippen molar-refractivity contribution in [2.75, 3.05) is 41.2 Å². The number of rotatable bonds is 21. The van der Waals surface area contributed by atoms with Gasteiger partial charge in [-0.05, 0) is 142 Å². The zero-order chi connectivity index (χ0) is 82.6. The molecule has 594 valence electrons. The lowest BCUT2D eigenvalue weighted by molar-refractivity contribution is 0.0503. The summed E-state index contributed by atoms with van der Waals surface area (Å²) in [4.78, 5) is 94.7. The third-order valence-corrected chi connectivity index (χ3v) is 19.5. The first-order valence-electron chi connectivity index (χ1n) is 35.0. The number of nitrogens with zero attached hydrogens (tertiary/aromatic N) is 12. The smallest absolute Gasteiger partial charge is 0.358 e. The molecule has 6 heterocycles. The van der Waals surface area contributed by atoms with E-state index in [9.17, 15) is 28.8 Å². The van der Waals surface area contributed by atoms with Crippen LogP contribution in [0.4, 0.5) is 0 Å². The summed E-state index contributed by atoms with van der Waals surface area (Å²) in [5, 5.41) is 1.28. The maximum atomic E-state index is 12.0. The Morgan fingerprint density at radius 2 is 0.549 bits per heavy atom. The average Bonchev–Trinajstić information content (AvgIpc) is 1.66. The molecule has 0 N–H and O–H groups in total. The van der Waals surface area contributed by atoms with Crippen molar-refractivity contribution in [2.24, 2.45) is 0 Å².